The molecule has 1 aromatic rings. The van der Waals surface area contributed by atoms with Crippen LogP contribution in [0.5, 0.6) is 0 Å². The van der Waals surface area contributed by atoms with Gasteiger partial charge in [0.05, 0.1) is 4.88 Å². The van der Waals surface area contributed by atoms with Crippen LogP contribution >= 0.6 is 11.3 Å². The van der Waals surface area contributed by atoms with Crippen molar-refractivity contribution in [3.63, 3.8) is 0 Å². The van der Waals surface area contributed by atoms with E-state index in [9.17, 15) is 4.79 Å². The first-order chi connectivity index (χ1) is 10.3. The first-order valence-electron chi connectivity index (χ1n) is 8.44. The Morgan fingerprint density at radius 1 is 1.24 bits per heavy atom. The van der Waals surface area contributed by atoms with Gasteiger partial charge in [0.25, 0.3) is 5.91 Å². The van der Waals surface area contributed by atoms with E-state index in [-0.39, 0.29) is 5.91 Å². The third kappa shape index (κ3) is 3.02. The zero-order valence-corrected chi connectivity index (χ0v) is 13.4. The second kappa shape index (κ2) is 5.73. The average Bonchev–Trinajstić information content (AvgIpc) is 2.89. The highest BCUT2D eigenvalue weighted by Gasteiger charge is 2.30. The number of hydrogen-bond donors (Lipinski definition) is 1. The van der Waals surface area contributed by atoms with E-state index in [1.54, 1.807) is 11.3 Å². The Kier molecular flexibility index (Phi) is 3.76. The molecule has 2 heterocycles. The molecule has 0 radical (unpaired) electrons. The first-order valence-corrected chi connectivity index (χ1v) is 9.25. The molecule has 4 heteroatoms. The van der Waals surface area contributed by atoms with E-state index in [1.807, 2.05) is 0 Å². The lowest BCUT2D eigenvalue weighted by atomic mass is 10.2. The molecule has 2 aliphatic carbocycles. The van der Waals surface area contributed by atoms with Gasteiger partial charge in [-0.1, -0.05) is 0 Å². The summed E-state index contributed by atoms with van der Waals surface area (Å²) in [5.74, 6) is 1.05. The Morgan fingerprint density at radius 3 is 2.86 bits per heavy atom. The van der Waals surface area contributed by atoms with E-state index in [2.05, 4.69) is 16.3 Å². The monoisotopic (exact) mass is 304 g/mol. The van der Waals surface area contributed by atoms with Gasteiger partial charge in [-0.05, 0) is 69.0 Å². The second-order valence-electron chi connectivity index (χ2n) is 6.86. The van der Waals surface area contributed by atoms with Crippen LogP contribution in [0.25, 0.3) is 0 Å². The maximum absolute atomic E-state index is 12.9. The number of carbonyl (C=O) groups excluding carboxylic acids is 1. The topological polar surface area (TPSA) is 32.3 Å². The number of aryl methyl sites for hydroxylation is 2. The van der Waals surface area contributed by atoms with Crippen molar-refractivity contribution in [1.29, 1.82) is 0 Å². The fraction of sp³-hybridized carbons (Fsp3) is 0.706. The van der Waals surface area contributed by atoms with Crippen LogP contribution in [0.1, 0.15) is 52.2 Å². The van der Waals surface area contributed by atoms with Gasteiger partial charge < -0.3 is 10.2 Å². The van der Waals surface area contributed by atoms with Crippen LogP contribution in [0.4, 0.5) is 0 Å². The molecule has 3 nitrogen and oxygen atoms in total. The Hall–Kier alpha value is -0.870. The van der Waals surface area contributed by atoms with Gasteiger partial charge in [-0.3, -0.25) is 4.79 Å². The number of amides is 1. The number of carbonyl (C=O) groups is 1. The van der Waals surface area contributed by atoms with Gasteiger partial charge in [0, 0.05) is 24.0 Å². The van der Waals surface area contributed by atoms with Crippen LogP contribution in [0, 0.1) is 5.92 Å². The minimum absolute atomic E-state index is 0.287. The van der Waals surface area contributed by atoms with Gasteiger partial charge in [0.1, 0.15) is 0 Å². The van der Waals surface area contributed by atoms with Crippen molar-refractivity contribution < 1.29 is 4.79 Å². The van der Waals surface area contributed by atoms with E-state index >= 15 is 0 Å². The second-order valence-corrected chi connectivity index (χ2v) is 8.00. The summed E-state index contributed by atoms with van der Waals surface area (Å²) in [6, 6.07) is 2.69. The Labute approximate surface area is 130 Å². The van der Waals surface area contributed by atoms with Gasteiger partial charge in [-0.2, -0.15) is 0 Å². The van der Waals surface area contributed by atoms with Crippen LogP contribution in [0.3, 0.4) is 0 Å². The molecule has 4 rings (SSSR count). The fourth-order valence-electron chi connectivity index (χ4n) is 3.62. The highest BCUT2D eigenvalue weighted by molar-refractivity contribution is 7.14. The molecule has 2 fully saturated rings. The maximum atomic E-state index is 12.9. The summed E-state index contributed by atoms with van der Waals surface area (Å²) in [5, 5.41) is 3.54. The van der Waals surface area contributed by atoms with Crippen LogP contribution in [0.15, 0.2) is 6.07 Å². The lowest BCUT2D eigenvalue weighted by Gasteiger charge is -2.25. The van der Waals surface area contributed by atoms with Crippen molar-refractivity contribution in [2.45, 2.75) is 51.0 Å². The van der Waals surface area contributed by atoms with Gasteiger partial charge in [-0.25, -0.2) is 0 Å². The molecule has 114 valence electrons. The summed E-state index contributed by atoms with van der Waals surface area (Å²) in [7, 11) is 0. The molecule has 0 bridgehead atoms. The summed E-state index contributed by atoms with van der Waals surface area (Å²) in [5.41, 5.74) is 1.44. The maximum Gasteiger partial charge on any atom is 0.264 e. The SMILES string of the molecule is O=C(c1cc2c(s1)CCC2)N(CC1CC1)CC1CCCN1. The molecule has 0 spiro atoms. The molecular weight excluding hydrogens is 280 g/mol. The lowest BCUT2D eigenvalue weighted by molar-refractivity contribution is 0.0738. The molecular formula is C17H24N2OS. The predicted octanol–water partition coefficient (Wildman–Crippen LogP) is 2.84. The lowest BCUT2D eigenvalue weighted by Crippen LogP contribution is -2.42. The van der Waals surface area contributed by atoms with E-state index in [1.165, 1.54) is 55.4 Å². The van der Waals surface area contributed by atoms with E-state index < -0.39 is 0 Å². The first kappa shape index (κ1) is 13.8. The van der Waals surface area contributed by atoms with E-state index in [0.717, 1.165) is 30.4 Å². The summed E-state index contributed by atoms with van der Waals surface area (Å²) in [4.78, 5) is 17.5. The third-order valence-electron chi connectivity index (χ3n) is 5.02. The van der Waals surface area contributed by atoms with Gasteiger partial charge in [0.2, 0.25) is 0 Å². The van der Waals surface area contributed by atoms with Crippen molar-refractivity contribution in [3.05, 3.63) is 21.4 Å². The molecule has 1 aliphatic heterocycles. The van der Waals surface area contributed by atoms with Crippen LogP contribution in [0.2, 0.25) is 0 Å². The van der Waals surface area contributed by atoms with Crippen molar-refractivity contribution in [2.75, 3.05) is 19.6 Å². The van der Waals surface area contributed by atoms with E-state index in [0.29, 0.717) is 6.04 Å². The van der Waals surface area contributed by atoms with Crippen molar-refractivity contribution in [1.82, 2.24) is 10.2 Å². The van der Waals surface area contributed by atoms with E-state index in [4.69, 9.17) is 0 Å². The van der Waals surface area contributed by atoms with Crippen LogP contribution < -0.4 is 5.32 Å². The highest BCUT2D eigenvalue weighted by atomic mass is 32.1. The molecule has 1 aromatic heterocycles. The minimum atomic E-state index is 0.287. The number of nitrogens with zero attached hydrogens (tertiary/aromatic N) is 1. The summed E-state index contributed by atoms with van der Waals surface area (Å²) in [6.45, 7) is 2.99. The van der Waals surface area contributed by atoms with Gasteiger partial charge >= 0.3 is 0 Å². The van der Waals surface area contributed by atoms with Gasteiger partial charge in [-0.15, -0.1) is 11.3 Å². The summed E-state index contributed by atoms with van der Waals surface area (Å²) in [6.07, 6.45) is 8.71. The minimum Gasteiger partial charge on any atom is -0.336 e. The number of nitrogens with one attached hydrogen (secondary N) is 1. The number of rotatable bonds is 5. The Balaban J connectivity index is 1.48. The Bertz CT molecular complexity index is 507. The molecule has 1 saturated heterocycles. The number of hydrogen-bond acceptors (Lipinski definition) is 3. The highest BCUT2D eigenvalue weighted by Crippen LogP contribution is 2.33. The summed E-state index contributed by atoms with van der Waals surface area (Å²) < 4.78 is 0. The molecule has 1 saturated carbocycles. The number of fused-ring (bicyclic) bond motifs is 1. The molecule has 1 amide bonds. The van der Waals surface area contributed by atoms with Gasteiger partial charge in [0.15, 0.2) is 0 Å². The predicted molar refractivity (Wildman–Crippen MR) is 86.0 cm³/mol. The normalized spacial score (nSPS) is 24.3. The fourth-order valence-corrected chi connectivity index (χ4v) is 4.84. The molecule has 0 aromatic carbocycles. The smallest absolute Gasteiger partial charge is 0.264 e. The third-order valence-corrected chi connectivity index (χ3v) is 6.25. The number of thiophene rings is 1. The molecule has 1 atom stereocenters. The standard InChI is InChI=1S/C17H24N2OS/c20-17(16-9-13-3-1-5-15(13)21-16)19(10-12-6-7-12)11-14-4-2-8-18-14/h9,12,14,18H,1-8,10-11H2. The molecule has 1 N–H and O–H groups in total. The van der Waals surface area contributed by atoms with Crippen LogP contribution in [-0.4, -0.2) is 36.5 Å². The quantitative estimate of drug-likeness (QED) is 0.907. The average molecular weight is 304 g/mol. The zero-order valence-electron chi connectivity index (χ0n) is 12.6. The molecule has 1 unspecified atom stereocenters. The largest absolute Gasteiger partial charge is 0.336 e. The Morgan fingerprint density at radius 2 is 2.14 bits per heavy atom. The molecule has 3 aliphatic rings. The molecule has 21 heavy (non-hydrogen) atoms. The van der Waals surface area contributed by atoms with Crippen molar-refractivity contribution in [3.8, 4) is 0 Å². The van der Waals surface area contributed by atoms with Crippen LogP contribution in [-0.2, 0) is 12.8 Å². The zero-order chi connectivity index (χ0) is 14.2. The summed E-state index contributed by atoms with van der Waals surface area (Å²) >= 11 is 1.75. The van der Waals surface area contributed by atoms with Crippen molar-refractivity contribution in [2.24, 2.45) is 5.92 Å². The van der Waals surface area contributed by atoms with Crippen molar-refractivity contribution >= 4 is 17.2 Å².